The molecule has 1 heteroatoms. The van der Waals surface area contributed by atoms with Gasteiger partial charge in [0.1, 0.15) is 0 Å². The van der Waals surface area contributed by atoms with Crippen molar-refractivity contribution in [2.75, 3.05) is 13.6 Å². The third-order valence-corrected chi connectivity index (χ3v) is 3.05. The zero-order valence-electron chi connectivity index (χ0n) is 10.5. The van der Waals surface area contributed by atoms with Crippen LogP contribution < -0.4 is 5.32 Å². The lowest BCUT2D eigenvalue weighted by molar-refractivity contribution is 0.808. The van der Waals surface area contributed by atoms with Gasteiger partial charge in [-0.25, -0.2) is 0 Å². The zero-order valence-corrected chi connectivity index (χ0v) is 10.5. The highest BCUT2D eigenvalue weighted by Gasteiger charge is 1.97. The van der Waals surface area contributed by atoms with Crippen LogP contribution in [0.5, 0.6) is 0 Å². The maximum atomic E-state index is 3.16. The van der Waals surface area contributed by atoms with Gasteiger partial charge in [-0.2, -0.15) is 0 Å². The monoisotopic (exact) mass is 225 g/mol. The highest BCUT2D eigenvalue weighted by molar-refractivity contribution is 5.86. The Morgan fingerprint density at radius 3 is 2.65 bits per heavy atom. The highest BCUT2D eigenvalue weighted by Crippen LogP contribution is 2.21. The summed E-state index contributed by atoms with van der Waals surface area (Å²) in [5, 5.41) is 5.78. The quantitative estimate of drug-likeness (QED) is 0.779. The van der Waals surface area contributed by atoms with E-state index in [0.717, 1.165) is 13.0 Å². The number of rotatable bonds is 4. The van der Waals surface area contributed by atoms with E-state index in [9.17, 15) is 0 Å². The fourth-order valence-corrected chi connectivity index (χ4v) is 1.99. The topological polar surface area (TPSA) is 12.0 Å². The van der Waals surface area contributed by atoms with Gasteiger partial charge in [0, 0.05) is 0 Å². The molecule has 1 N–H and O–H groups in total. The average Bonchev–Trinajstić information content (AvgIpc) is 2.38. The predicted octanol–water partition coefficient (Wildman–Crippen LogP) is 3.85. The lowest BCUT2D eigenvalue weighted by Gasteiger charge is -2.04. The molecule has 0 saturated carbocycles. The van der Waals surface area contributed by atoms with Crippen molar-refractivity contribution in [1.29, 1.82) is 0 Å². The number of hydrogen-bond donors (Lipinski definition) is 1. The van der Waals surface area contributed by atoms with Crippen LogP contribution in [0.3, 0.4) is 0 Å². The van der Waals surface area contributed by atoms with Crippen molar-refractivity contribution < 1.29 is 0 Å². The van der Waals surface area contributed by atoms with Crippen molar-refractivity contribution in [2.45, 2.75) is 13.3 Å². The third-order valence-electron chi connectivity index (χ3n) is 3.05. The molecule has 0 bridgehead atoms. The first-order valence-electron chi connectivity index (χ1n) is 6.12. The highest BCUT2D eigenvalue weighted by atomic mass is 14.8. The van der Waals surface area contributed by atoms with Crippen LogP contribution in [-0.4, -0.2) is 13.6 Å². The summed E-state index contributed by atoms with van der Waals surface area (Å²) in [7, 11) is 1.99. The van der Waals surface area contributed by atoms with Gasteiger partial charge in [0.2, 0.25) is 0 Å². The molecule has 0 aromatic heterocycles. The lowest BCUT2D eigenvalue weighted by atomic mass is 10.0. The Bertz CT molecular complexity index is 526. The first-order chi connectivity index (χ1) is 8.31. The molecule has 0 amide bonds. The van der Waals surface area contributed by atoms with Gasteiger partial charge in [0.05, 0.1) is 0 Å². The second-order valence-corrected chi connectivity index (χ2v) is 4.34. The lowest BCUT2D eigenvalue weighted by Crippen LogP contribution is -2.05. The minimum absolute atomic E-state index is 1.03. The van der Waals surface area contributed by atoms with Crippen LogP contribution in [0.25, 0.3) is 16.3 Å². The maximum absolute atomic E-state index is 3.16. The van der Waals surface area contributed by atoms with E-state index in [1.807, 2.05) is 7.05 Å². The van der Waals surface area contributed by atoms with Gasteiger partial charge in [0.25, 0.3) is 0 Å². The number of hydrogen-bond acceptors (Lipinski definition) is 1. The third kappa shape index (κ3) is 2.95. The molecule has 1 nitrogen and oxygen atoms in total. The molecule has 17 heavy (non-hydrogen) atoms. The van der Waals surface area contributed by atoms with Crippen molar-refractivity contribution in [2.24, 2.45) is 0 Å². The van der Waals surface area contributed by atoms with Crippen LogP contribution in [0.4, 0.5) is 0 Å². The zero-order chi connectivity index (χ0) is 12.1. The molecule has 2 rings (SSSR count). The van der Waals surface area contributed by atoms with E-state index < -0.39 is 0 Å². The SMILES string of the molecule is CNCCC=C(C)c1ccc2ccccc2c1. The van der Waals surface area contributed by atoms with Gasteiger partial charge >= 0.3 is 0 Å². The molecular formula is C16H19N. The van der Waals surface area contributed by atoms with E-state index in [4.69, 9.17) is 0 Å². The number of allylic oxidation sites excluding steroid dienone is 1. The van der Waals surface area contributed by atoms with Crippen molar-refractivity contribution in [3.63, 3.8) is 0 Å². The number of nitrogens with one attached hydrogen (secondary N) is 1. The van der Waals surface area contributed by atoms with E-state index in [0.29, 0.717) is 0 Å². The normalized spacial score (nSPS) is 12.0. The molecule has 0 heterocycles. The molecular weight excluding hydrogens is 206 g/mol. The van der Waals surface area contributed by atoms with E-state index in [1.165, 1.54) is 21.9 Å². The first-order valence-corrected chi connectivity index (χ1v) is 6.12. The van der Waals surface area contributed by atoms with Gasteiger partial charge < -0.3 is 5.32 Å². The van der Waals surface area contributed by atoms with Crippen molar-refractivity contribution in [1.82, 2.24) is 5.32 Å². The molecule has 0 saturated heterocycles. The Kier molecular flexibility index (Phi) is 3.94. The molecule has 0 aliphatic rings. The molecule has 0 unspecified atom stereocenters. The van der Waals surface area contributed by atoms with Gasteiger partial charge in [-0.05, 0) is 54.9 Å². The maximum Gasteiger partial charge on any atom is -0.00171 e. The van der Waals surface area contributed by atoms with Crippen LogP contribution in [0, 0.1) is 0 Å². The Balaban J connectivity index is 2.26. The van der Waals surface area contributed by atoms with Crippen molar-refractivity contribution in [3.05, 3.63) is 54.1 Å². The summed E-state index contributed by atoms with van der Waals surface area (Å²) in [6, 6.07) is 15.1. The molecule has 0 atom stereocenters. The van der Waals surface area contributed by atoms with Crippen LogP contribution in [0.2, 0.25) is 0 Å². The molecule has 2 aromatic carbocycles. The fraction of sp³-hybridized carbons (Fsp3) is 0.250. The summed E-state index contributed by atoms with van der Waals surface area (Å²) < 4.78 is 0. The van der Waals surface area contributed by atoms with Gasteiger partial charge in [-0.15, -0.1) is 0 Å². The van der Waals surface area contributed by atoms with Crippen LogP contribution in [0.1, 0.15) is 18.9 Å². The summed E-state index contributed by atoms with van der Waals surface area (Å²) in [4.78, 5) is 0. The van der Waals surface area contributed by atoms with E-state index in [2.05, 4.69) is 60.8 Å². The van der Waals surface area contributed by atoms with Crippen LogP contribution in [0.15, 0.2) is 48.5 Å². The van der Waals surface area contributed by atoms with Gasteiger partial charge in [-0.1, -0.05) is 42.5 Å². The molecule has 0 fully saturated rings. The molecule has 88 valence electrons. The molecule has 0 spiro atoms. The number of benzene rings is 2. The minimum Gasteiger partial charge on any atom is -0.319 e. The summed E-state index contributed by atoms with van der Waals surface area (Å²) in [5.74, 6) is 0. The second-order valence-electron chi connectivity index (χ2n) is 4.34. The largest absolute Gasteiger partial charge is 0.319 e. The van der Waals surface area contributed by atoms with Crippen molar-refractivity contribution >= 4 is 16.3 Å². The Morgan fingerprint density at radius 2 is 1.88 bits per heavy atom. The van der Waals surface area contributed by atoms with E-state index in [-0.39, 0.29) is 0 Å². The number of fused-ring (bicyclic) bond motifs is 1. The smallest absolute Gasteiger partial charge is 0.00171 e. The Hall–Kier alpha value is -1.60. The van der Waals surface area contributed by atoms with Crippen LogP contribution in [-0.2, 0) is 0 Å². The molecule has 0 aliphatic heterocycles. The summed E-state index contributed by atoms with van der Waals surface area (Å²) in [6.45, 7) is 3.21. The summed E-state index contributed by atoms with van der Waals surface area (Å²) in [5.41, 5.74) is 2.67. The Labute approximate surface area is 103 Å². The van der Waals surface area contributed by atoms with Gasteiger partial charge in [-0.3, -0.25) is 0 Å². The minimum atomic E-state index is 1.03. The second kappa shape index (κ2) is 5.65. The molecule has 0 aliphatic carbocycles. The molecule has 0 radical (unpaired) electrons. The first kappa shape index (κ1) is 11.9. The summed E-state index contributed by atoms with van der Waals surface area (Å²) >= 11 is 0. The van der Waals surface area contributed by atoms with E-state index >= 15 is 0 Å². The van der Waals surface area contributed by atoms with Gasteiger partial charge in [0.15, 0.2) is 0 Å². The molecule has 2 aromatic rings. The predicted molar refractivity (Wildman–Crippen MR) is 76.1 cm³/mol. The fourth-order valence-electron chi connectivity index (χ4n) is 1.99. The average molecular weight is 225 g/mol. The van der Waals surface area contributed by atoms with E-state index in [1.54, 1.807) is 0 Å². The standard InChI is InChI=1S/C16H19N/c1-13(6-5-11-17-2)15-10-9-14-7-3-4-8-16(14)12-15/h3-4,6-10,12,17H,5,11H2,1-2H3. The Morgan fingerprint density at radius 1 is 1.12 bits per heavy atom. The van der Waals surface area contributed by atoms with Crippen LogP contribution >= 0.6 is 0 Å². The summed E-state index contributed by atoms with van der Waals surface area (Å²) in [6.07, 6.45) is 3.37. The van der Waals surface area contributed by atoms with Crippen molar-refractivity contribution in [3.8, 4) is 0 Å².